The first-order valence-corrected chi connectivity index (χ1v) is 10.9. The van der Waals surface area contributed by atoms with Crippen LogP contribution >= 0.6 is 0 Å². The van der Waals surface area contributed by atoms with Crippen LogP contribution in [0.4, 0.5) is 4.39 Å². The number of pyridine rings is 1. The summed E-state index contributed by atoms with van der Waals surface area (Å²) in [5.41, 5.74) is 2.22. The maximum Gasteiger partial charge on any atom is 0.273 e. The Morgan fingerprint density at radius 1 is 1.16 bits per heavy atom. The maximum absolute atomic E-state index is 14.0. The molecule has 1 fully saturated rings. The largest absolute Gasteiger partial charge is 0.327 e. The summed E-state index contributed by atoms with van der Waals surface area (Å²) in [6.07, 6.45) is 3.81. The standard InChI is InChI=1S/C24H24FN5O2/c25-18-7-2-1-6-16(18)14-29-13-10-19-17(15-29)23(31)28-22(27-19)21-9-5-12-30(21)24(32)20-8-3-4-11-26-20/h1-4,6-8,11,21H,5,9-10,12-15H2,(H,27,28,31). The number of nitrogens with one attached hydrogen (secondary N) is 1. The molecule has 0 spiro atoms. The zero-order chi connectivity index (χ0) is 22.1. The lowest BCUT2D eigenvalue weighted by molar-refractivity contribution is 0.0723. The summed E-state index contributed by atoms with van der Waals surface area (Å²) >= 11 is 0. The van der Waals surface area contributed by atoms with Gasteiger partial charge in [-0.05, 0) is 31.0 Å². The highest BCUT2D eigenvalue weighted by Crippen LogP contribution is 2.31. The molecule has 2 aliphatic rings. The van der Waals surface area contributed by atoms with Crippen molar-refractivity contribution in [2.45, 2.75) is 38.4 Å². The van der Waals surface area contributed by atoms with Crippen molar-refractivity contribution in [2.75, 3.05) is 13.1 Å². The Kier molecular flexibility index (Phi) is 5.53. The third kappa shape index (κ3) is 3.93. The van der Waals surface area contributed by atoms with Gasteiger partial charge < -0.3 is 9.88 Å². The molecular weight excluding hydrogens is 409 g/mol. The normalized spacial score (nSPS) is 18.5. The molecule has 8 heteroatoms. The van der Waals surface area contributed by atoms with Gasteiger partial charge in [0.1, 0.15) is 17.3 Å². The zero-order valence-electron chi connectivity index (χ0n) is 17.6. The molecule has 5 rings (SSSR count). The van der Waals surface area contributed by atoms with Crippen molar-refractivity contribution in [1.82, 2.24) is 24.8 Å². The molecule has 2 aliphatic heterocycles. The summed E-state index contributed by atoms with van der Waals surface area (Å²) in [5, 5.41) is 0. The minimum Gasteiger partial charge on any atom is -0.327 e. The highest BCUT2D eigenvalue weighted by molar-refractivity contribution is 5.92. The van der Waals surface area contributed by atoms with Gasteiger partial charge in [0.15, 0.2) is 0 Å². The third-order valence-corrected chi connectivity index (χ3v) is 6.23. The van der Waals surface area contributed by atoms with E-state index in [2.05, 4.69) is 14.9 Å². The Morgan fingerprint density at radius 2 is 2.00 bits per heavy atom. The molecule has 0 radical (unpaired) electrons. The van der Waals surface area contributed by atoms with Gasteiger partial charge in [0, 0.05) is 44.4 Å². The number of H-pyrrole nitrogens is 1. The first-order chi connectivity index (χ1) is 15.6. The average molecular weight is 433 g/mol. The van der Waals surface area contributed by atoms with E-state index >= 15 is 0 Å². The first kappa shape index (κ1) is 20.5. The molecule has 2 aromatic heterocycles. The number of carbonyl (C=O) groups is 1. The van der Waals surface area contributed by atoms with Gasteiger partial charge in [-0.1, -0.05) is 24.3 Å². The first-order valence-electron chi connectivity index (χ1n) is 10.9. The van der Waals surface area contributed by atoms with Gasteiger partial charge in [0.2, 0.25) is 0 Å². The number of halogens is 1. The molecule has 0 aliphatic carbocycles. The fourth-order valence-corrected chi connectivity index (χ4v) is 4.59. The molecule has 1 unspecified atom stereocenters. The van der Waals surface area contributed by atoms with Gasteiger partial charge in [0.05, 0.1) is 17.3 Å². The highest BCUT2D eigenvalue weighted by atomic mass is 19.1. The maximum atomic E-state index is 14.0. The van der Waals surface area contributed by atoms with Crippen LogP contribution in [0.5, 0.6) is 0 Å². The van der Waals surface area contributed by atoms with Gasteiger partial charge in [-0.2, -0.15) is 0 Å². The van der Waals surface area contributed by atoms with Gasteiger partial charge in [0.25, 0.3) is 11.5 Å². The quantitative estimate of drug-likeness (QED) is 0.684. The number of carbonyl (C=O) groups excluding carboxylic acids is 1. The van der Waals surface area contributed by atoms with E-state index in [1.807, 2.05) is 6.07 Å². The summed E-state index contributed by atoms with van der Waals surface area (Å²) in [7, 11) is 0. The van der Waals surface area contributed by atoms with Crippen LogP contribution in [0, 0.1) is 5.82 Å². The molecule has 3 aromatic rings. The minimum absolute atomic E-state index is 0.149. The van der Waals surface area contributed by atoms with Crippen LogP contribution in [-0.2, 0) is 19.5 Å². The summed E-state index contributed by atoms with van der Waals surface area (Å²) in [4.78, 5) is 41.6. The van der Waals surface area contributed by atoms with Crippen LogP contribution < -0.4 is 5.56 Å². The Morgan fingerprint density at radius 3 is 2.81 bits per heavy atom. The van der Waals surface area contributed by atoms with E-state index in [1.54, 1.807) is 41.4 Å². The molecule has 164 valence electrons. The monoisotopic (exact) mass is 433 g/mol. The van der Waals surface area contributed by atoms with E-state index in [1.165, 1.54) is 6.07 Å². The number of likely N-dealkylation sites (tertiary alicyclic amines) is 1. The molecular formula is C24H24FN5O2. The third-order valence-electron chi connectivity index (χ3n) is 6.23. The van der Waals surface area contributed by atoms with Gasteiger partial charge in [-0.3, -0.25) is 19.5 Å². The van der Waals surface area contributed by atoms with Crippen LogP contribution in [-0.4, -0.2) is 43.7 Å². The van der Waals surface area contributed by atoms with Crippen molar-refractivity contribution in [1.29, 1.82) is 0 Å². The molecule has 1 atom stereocenters. The molecule has 0 bridgehead atoms. The number of nitrogens with zero attached hydrogens (tertiary/aromatic N) is 4. The molecule has 0 saturated carbocycles. The van der Waals surface area contributed by atoms with E-state index in [9.17, 15) is 14.0 Å². The van der Waals surface area contributed by atoms with E-state index in [0.717, 1.165) is 18.5 Å². The topological polar surface area (TPSA) is 82.2 Å². The van der Waals surface area contributed by atoms with Gasteiger partial charge in [-0.15, -0.1) is 0 Å². The number of aromatic amines is 1. The summed E-state index contributed by atoms with van der Waals surface area (Å²) in [6, 6.07) is 11.7. The van der Waals surface area contributed by atoms with Crippen molar-refractivity contribution < 1.29 is 9.18 Å². The highest BCUT2D eigenvalue weighted by Gasteiger charge is 2.34. The summed E-state index contributed by atoms with van der Waals surface area (Å²) in [6.45, 7) is 2.17. The number of hydrogen-bond acceptors (Lipinski definition) is 5. The second-order valence-corrected chi connectivity index (χ2v) is 8.30. The van der Waals surface area contributed by atoms with Crippen molar-refractivity contribution >= 4 is 5.91 Å². The smallest absolute Gasteiger partial charge is 0.273 e. The Balaban J connectivity index is 1.37. The SMILES string of the molecule is O=C(c1ccccn1)N1CCCC1c1nc2c(c(=O)[nH]1)CN(Cc1ccccc1F)CC2. The predicted molar refractivity (Wildman–Crippen MR) is 116 cm³/mol. The van der Waals surface area contributed by atoms with Gasteiger partial charge in [-0.25, -0.2) is 9.37 Å². The molecule has 7 nitrogen and oxygen atoms in total. The number of amides is 1. The second-order valence-electron chi connectivity index (χ2n) is 8.30. The fraction of sp³-hybridized carbons (Fsp3) is 0.333. The minimum atomic E-state index is -0.265. The molecule has 1 amide bonds. The molecule has 4 heterocycles. The van der Waals surface area contributed by atoms with Crippen molar-refractivity contribution in [3.05, 3.63) is 93.2 Å². The lowest BCUT2D eigenvalue weighted by atomic mass is 10.0. The number of rotatable bonds is 4. The van der Waals surface area contributed by atoms with Crippen LogP contribution in [0.1, 0.15) is 52.0 Å². The van der Waals surface area contributed by atoms with Crippen LogP contribution in [0.15, 0.2) is 53.5 Å². The van der Waals surface area contributed by atoms with Crippen LogP contribution in [0.3, 0.4) is 0 Å². The van der Waals surface area contributed by atoms with Crippen LogP contribution in [0.25, 0.3) is 0 Å². The molecule has 1 N–H and O–H groups in total. The van der Waals surface area contributed by atoms with Gasteiger partial charge >= 0.3 is 0 Å². The van der Waals surface area contributed by atoms with E-state index in [4.69, 9.17) is 4.98 Å². The Bertz CT molecular complexity index is 1200. The predicted octanol–water partition coefficient (Wildman–Crippen LogP) is 2.84. The summed E-state index contributed by atoms with van der Waals surface area (Å²) in [5.74, 6) is 0.155. The van der Waals surface area contributed by atoms with Crippen molar-refractivity contribution in [3.8, 4) is 0 Å². The Hall–Kier alpha value is -3.39. The number of hydrogen-bond donors (Lipinski definition) is 1. The molecule has 1 saturated heterocycles. The average Bonchev–Trinajstić information content (AvgIpc) is 3.31. The number of aromatic nitrogens is 3. The lowest BCUT2D eigenvalue weighted by Crippen LogP contribution is -2.38. The Labute approximate surface area is 184 Å². The molecule has 32 heavy (non-hydrogen) atoms. The molecule has 1 aromatic carbocycles. The second kappa shape index (κ2) is 8.63. The van der Waals surface area contributed by atoms with E-state index < -0.39 is 0 Å². The zero-order valence-corrected chi connectivity index (χ0v) is 17.6. The fourth-order valence-electron chi connectivity index (χ4n) is 4.59. The van der Waals surface area contributed by atoms with E-state index in [-0.39, 0.29) is 23.3 Å². The van der Waals surface area contributed by atoms with Crippen molar-refractivity contribution in [2.24, 2.45) is 0 Å². The van der Waals surface area contributed by atoms with Crippen LogP contribution in [0.2, 0.25) is 0 Å². The number of benzene rings is 1. The van der Waals surface area contributed by atoms with E-state index in [0.29, 0.717) is 55.2 Å². The van der Waals surface area contributed by atoms with Crippen molar-refractivity contribution in [3.63, 3.8) is 0 Å². The lowest BCUT2D eigenvalue weighted by Gasteiger charge is -2.29. The number of fused-ring (bicyclic) bond motifs is 1. The summed E-state index contributed by atoms with van der Waals surface area (Å²) < 4.78 is 14.0.